The van der Waals surface area contributed by atoms with Crippen LogP contribution >= 0.6 is 0 Å². The Kier molecular flexibility index (Phi) is 13.0. The number of hydrogen-bond acceptors (Lipinski definition) is 5. The van der Waals surface area contributed by atoms with Crippen LogP contribution in [0.5, 0.6) is 0 Å². The Labute approximate surface area is 257 Å². The fourth-order valence-electron chi connectivity index (χ4n) is 5.26. The summed E-state index contributed by atoms with van der Waals surface area (Å²) < 4.78 is 45.8. The number of nitrogens with one attached hydrogen (secondary N) is 1. The van der Waals surface area contributed by atoms with Crippen molar-refractivity contribution in [1.82, 2.24) is 10.2 Å². The molecule has 1 aliphatic rings. The van der Waals surface area contributed by atoms with Gasteiger partial charge in [0.1, 0.15) is 0 Å². The molecule has 8 heteroatoms. The van der Waals surface area contributed by atoms with Crippen molar-refractivity contribution in [3.8, 4) is 11.1 Å². The number of aliphatic hydroxyl groups is 2. The van der Waals surface area contributed by atoms with Gasteiger partial charge in [-0.1, -0.05) is 103 Å². The molecule has 44 heavy (non-hydrogen) atoms. The Hall–Kier alpha value is -3.53. The molecule has 5 rings (SSSR count). The minimum absolute atomic E-state index is 0.109. The largest absolute Gasteiger partial charge is 0.417 e. The lowest BCUT2D eigenvalue weighted by Gasteiger charge is -2.33. The first-order valence-corrected chi connectivity index (χ1v) is 15.0. The van der Waals surface area contributed by atoms with Gasteiger partial charge in [0, 0.05) is 32.7 Å². The number of nitrogens with zero attached hydrogens (tertiary/aromatic N) is 1. The van der Waals surface area contributed by atoms with Crippen LogP contribution in [-0.2, 0) is 30.3 Å². The topological polar surface area (TPSA) is 65.0 Å². The number of aliphatic hydroxyl groups excluding tert-OH is 2. The standard InChI is InChI=1S/C25H24F3NO.C11H17NO2/c26-25(27,28)24-9-5-4-8-23(24)21-12-10-20(11-13-21)17-29-14-15-30-22(18-29)16-19-6-2-1-3-7-19;13-7-6-12-9-11(14)8-10-4-2-1-3-5-10/h1-13,22H,14-18H2;1-5,11-14H,6-9H2. The van der Waals surface area contributed by atoms with E-state index in [2.05, 4.69) is 22.3 Å². The minimum atomic E-state index is -4.36. The molecule has 1 fully saturated rings. The van der Waals surface area contributed by atoms with Gasteiger partial charge in [-0.05, 0) is 46.7 Å². The highest BCUT2D eigenvalue weighted by Gasteiger charge is 2.33. The third-order valence-corrected chi connectivity index (χ3v) is 7.42. The van der Waals surface area contributed by atoms with Gasteiger partial charge in [0.15, 0.2) is 0 Å². The summed E-state index contributed by atoms with van der Waals surface area (Å²) in [7, 11) is 0. The Morgan fingerprint density at radius 3 is 2.11 bits per heavy atom. The van der Waals surface area contributed by atoms with Crippen molar-refractivity contribution in [3.63, 3.8) is 0 Å². The first-order chi connectivity index (χ1) is 21.3. The third-order valence-electron chi connectivity index (χ3n) is 7.42. The summed E-state index contributed by atoms with van der Waals surface area (Å²) >= 11 is 0. The lowest BCUT2D eigenvalue weighted by molar-refractivity contribution is -0.137. The van der Waals surface area contributed by atoms with Crippen molar-refractivity contribution in [2.45, 2.75) is 37.8 Å². The van der Waals surface area contributed by atoms with E-state index in [0.29, 0.717) is 31.7 Å². The molecule has 0 aromatic heterocycles. The van der Waals surface area contributed by atoms with Crippen LogP contribution in [0.15, 0.2) is 109 Å². The molecule has 1 heterocycles. The lowest BCUT2D eigenvalue weighted by Crippen LogP contribution is -2.42. The second-order valence-corrected chi connectivity index (χ2v) is 10.9. The molecule has 0 bridgehead atoms. The predicted molar refractivity (Wildman–Crippen MR) is 168 cm³/mol. The Morgan fingerprint density at radius 1 is 0.818 bits per heavy atom. The van der Waals surface area contributed by atoms with Crippen molar-refractivity contribution < 1.29 is 28.1 Å². The highest BCUT2D eigenvalue weighted by atomic mass is 19.4. The van der Waals surface area contributed by atoms with Gasteiger partial charge >= 0.3 is 6.18 Å². The summed E-state index contributed by atoms with van der Waals surface area (Å²) in [6.07, 6.45) is -3.07. The second-order valence-electron chi connectivity index (χ2n) is 10.9. The van der Waals surface area contributed by atoms with Gasteiger partial charge in [0.25, 0.3) is 0 Å². The van der Waals surface area contributed by atoms with Crippen LogP contribution in [0.3, 0.4) is 0 Å². The average Bonchev–Trinajstić information content (AvgIpc) is 3.03. The van der Waals surface area contributed by atoms with E-state index < -0.39 is 11.7 Å². The Morgan fingerprint density at radius 2 is 1.45 bits per heavy atom. The number of alkyl halides is 3. The first-order valence-electron chi connectivity index (χ1n) is 15.0. The van der Waals surface area contributed by atoms with Crippen LogP contribution in [0, 0.1) is 0 Å². The molecule has 2 unspecified atom stereocenters. The summed E-state index contributed by atoms with van der Waals surface area (Å²) in [5.41, 5.74) is 3.67. The fourth-order valence-corrected chi connectivity index (χ4v) is 5.26. The molecule has 234 valence electrons. The molecular weight excluding hydrogens is 565 g/mol. The summed E-state index contributed by atoms with van der Waals surface area (Å²) in [5, 5.41) is 21.1. The maximum absolute atomic E-state index is 13.3. The van der Waals surface area contributed by atoms with E-state index in [4.69, 9.17) is 9.84 Å². The van der Waals surface area contributed by atoms with E-state index in [1.54, 1.807) is 18.2 Å². The fraction of sp³-hybridized carbons (Fsp3) is 0.333. The van der Waals surface area contributed by atoms with E-state index in [1.807, 2.05) is 60.7 Å². The van der Waals surface area contributed by atoms with Gasteiger partial charge < -0.3 is 20.3 Å². The molecule has 0 amide bonds. The van der Waals surface area contributed by atoms with Crippen LogP contribution < -0.4 is 5.32 Å². The van der Waals surface area contributed by atoms with Crippen LogP contribution in [0.4, 0.5) is 13.2 Å². The second kappa shape index (κ2) is 17.1. The molecule has 3 N–H and O–H groups in total. The maximum Gasteiger partial charge on any atom is 0.417 e. The van der Waals surface area contributed by atoms with Crippen molar-refractivity contribution >= 4 is 0 Å². The zero-order valence-corrected chi connectivity index (χ0v) is 24.8. The van der Waals surface area contributed by atoms with Gasteiger partial charge in [-0.15, -0.1) is 0 Å². The number of morpholine rings is 1. The molecule has 2 atom stereocenters. The zero-order valence-electron chi connectivity index (χ0n) is 24.8. The summed E-state index contributed by atoms with van der Waals surface area (Å²) in [6, 6.07) is 33.3. The molecule has 1 saturated heterocycles. The predicted octanol–water partition coefficient (Wildman–Crippen LogP) is 5.99. The number of halogens is 3. The molecule has 4 aromatic carbocycles. The molecule has 5 nitrogen and oxygen atoms in total. The molecule has 0 saturated carbocycles. The Bertz CT molecular complexity index is 1370. The normalized spacial score (nSPS) is 16.2. The highest BCUT2D eigenvalue weighted by molar-refractivity contribution is 5.68. The van der Waals surface area contributed by atoms with E-state index >= 15 is 0 Å². The first kappa shape index (κ1) is 33.4. The highest BCUT2D eigenvalue weighted by Crippen LogP contribution is 2.37. The van der Waals surface area contributed by atoms with Crippen LogP contribution in [0.25, 0.3) is 11.1 Å². The number of rotatable bonds is 11. The average molecular weight is 607 g/mol. The lowest BCUT2D eigenvalue weighted by atomic mass is 9.98. The van der Waals surface area contributed by atoms with E-state index in [9.17, 15) is 18.3 Å². The molecule has 0 aliphatic carbocycles. The monoisotopic (exact) mass is 606 g/mol. The molecular formula is C36H41F3N2O3. The third kappa shape index (κ3) is 10.9. The van der Waals surface area contributed by atoms with Gasteiger partial charge in [0.05, 0.1) is 31.0 Å². The molecule has 0 radical (unpaired) electrons. The quantitative estimate of drug-likeness (QED) is 0.183. The summed E-state index contributed by atoms with van der Waals surface area (Å²) in [4.78, 5) is 2.34. The SMILES string of the molecule is FC(F)(F)c1ccccc1-c1ccc(CN2CCOC(Cc3ccccc3)C2)cc1.OCCNCC(O)Cc1ccccc1. The number of benzene rings is 4. The molecule has 0 spiro atoms. The summed E-state index contributed by atoms with van der Waals surface area (Å²) in [6.45, 7) is 4.31. The van der Waals surface area contributed by atoms with Crippen LogP contribution in [0.2, 0.25) is 0 Å². The van der Waals surface area contributed by atoms with Crippen molar-refractivity contribution in [1.29, 1.82) is 0 Å². The van der Waals surface area contributed by atoms with Crippen molar-refractivity contribution in [2.24, 2.45) is 0 Å². The summed E-state index contributed by atoms with van der Waals surface area (Å²) in [5.74, 6) is 0. The van der Waals surface area contributed by atoms with Crippen molar-refractivity contribution in [3.05, 3.63) is 131 Å². The minimum Gasteiger partial charge on any atom is -0.395 e. The number of hydrogen-bond donors (Lipinski definition) is 3. The van der Waals surface area contributed by atoms with Crippen LogP contribution in [0.1, 0.15) is 22.3 Å². The molecule has 1 aliphatic heterocycles. The molecule has 4 aromatic rings. The van der Waals surface area contributed by atoms with E-state index in [0.717, 1.165) is 43.2 Å². The van der Waals surface area contributed by atoms with Gasteiger partial charge in [0.2, 0.25) is 0 Å². The van der Waals surface area contributed by atoms with E-state index in [-0.39, 0.29) is 24.4 Å². The van der Waals surface area contributed by atoms with E-state index in [1.165, 1.54) is 17.7 Å². The van der Waals surface area contributed by atoms with Crippen LogP contribution in [-0.4, -0.2) is 66.7 Å². The van der Waals surface area contributed by atoms with Gasteiger partial charge in [-0.25, -0.2) is 0 Å². The zero-order chi connectivity index (χ0) is 31.2. The number of ether oxygens (including phenoxy) is 1. The smallest absolute Gasteiger partial charge is 0.395 e. The maximum atomic E-state index is 13.3. The van der Waals surface area contributed by atoms with Gasteiger partial charge in [-0.2, -0.15) is 13.2 Å². The van der Waals surface area contributed by atoms with Gasteiger partial charge in [-0.3, -0.25) is 4.90 Å². The Balaban J connectivity index is 0.000000265. The van der Waals surface area contributed by atoms with Crippen molar-refractivity contribution in [2.75, 3.05) is 39.4 Å².